The van der Waals surface area contributed by atoms with Gasteiger partial charge in [0.1, 0.15) is 17.5 Å². The van der Waals surface area contributed by atoms with Crippen molar-refractivity contribution in [3.63, 3.8) is 0 Å². The molecule has 3 rings (SSSR count). The van der Waals surface area contributed by atoms with Crippen molar-refractivity contribution in [1.29, 1.82) is 0 Å². The molecular formula is C16H13FN2O. The van der Waals surface area contributed by atoms with Crippen molar-refractivity contribution < 1.29 is 9.18 Å². The lowest BCUT2D eigenvalue weighted by Crippen LogP contribution is -2.42. The van der Waals surface area contributed by atoms with Gasteiger partial charge < -0.3 is 10.5 Å². The van der Waals surface area contributed by atoms with E-state index in [-0.39, 0.29) is 12.4 Å². The van der Waals surface area contributed by atoms with Crippen molar-refractivity contribution in [2.75, 3.05) is 12.3 Å². The summed E-state index contributed by atoms with van der Waals surface area (Å²) in [7, 11) is 0. The molecule has 0 aromatic heterocycles. The van der Waals surface area contributed by atoms with Crippen molar-refractivity contribution in [3.05, 3.63) is 64.4 Å². The predicted molar refractivity (Wildman–Crippen MR) is 75.1 cm³/mol. The number of carbonyl (C=O) groups excluding carboxylic acids is 1. The van der Waals surface area contributed by atoms with E-state index in [1.807, 2.05) is 12.1 Å². The Morgan fingerprint density at radius 3 is 2.75 bits per heavy atom. The summed E-state index contributed by atoms with van der Waals surface area (Å²) >= 11 is 0. The number of aldehydes is 1. The number of nitrogens with zero attached hydrogens (tertiary/aromatic N) is 1. The molecule has 1 aliphatic rings. The summed E-state index contributed by atoms with van der Waals surface area (Å²) in [5.74, 6) is -0.376. The van der Waals surface area contributed by atoms with Crippen LogP contribution < -0.4 is 16.3 Å². The quantitative estimate of drug-likeness (QED) is 0.651. The van der Waals surface area contributed by atoms with Crippen LogP contribution in [0.3, 0.4) is 0 Å². The molecule has 20 heavy (non-hydrogen) atoms. The molecule has 0 bridgehead atoms. The zero-order valence-corrected chi connectivity index (χ0v) is 10.7. The number of carbonyl (C=O) groups is 1. The summed E-state index contributed by atoms with van der Waals surface area (Å²) in [6.07, 6.45) is 2.58. The summed E-state index contributed by atoms with van der Waals surface area (Å²) in [5.41, 5.74) is 6.28. The van der Waals surface area contributed by atoms with Gasteiger partial charge in [0, 0.05) is 10.9 Å². The molecule has 0 fully saturated rings. The lowest BCUT2D eigenvalue weighted by atomic mass is 9.79. The van der Waals surface area contributed by atoms with Gasteiger partial charge in [0.2, 0.25) is 0 Å². The van der Waals surface area contributed by atoms with E-state index in [1.54, 1.807) is 30.3 Å². The van der Waals surface area contributed by atoms with Crippen LogP contribution in [0.25, 0.3) is 6.08 Å². The van der Waals surface area contributed by atoms with Crippen molar-refractivity contribution >= 4 is 18.0 Å². The zero-order valence-electron chi connectivity index (χ0n) is 10.7. The molecule has 1 unspecified atom stereocenters. The Bertz CT molecular complexity index is 800. The molecule has 1 atom stereocenters. The highest BCUT2D eigenvalue weighted by molar-refractivity contribution is 5.83. The molecule has 2 aromatic rings. The van der Waals surface area contributed by atoms with Gasteiger partial charge in [-0.1, -0.05) is 36.4 Å². The van der Waals surface area contributed by atoms with E-state index in [9.17, 15) is 9.18 Å². The Balaban J connectivity index is 2.28. The number of rotatable bonds is 2. The standard InChI is InChI=1S/C16H13FN2O/c17-13-6-3-4-11-8-16(10-20,9-19-15(11)13)12-5-1-2-7-14(12)18/h1-8,10H,9,18H2. The number of hydrogen-bond acceptors (Lipinski definition) is 3. The number of halogens is 1. The molecule has 4 heteroatoms. The number of anilines is 1. The summed E-state index contributed by atoms with van der Waals surface area (Å²) in [5, 5.41) is 0.922. The first kappa shape index (κ1) is 12.5. The second-order valence-electron chi connectivity index (χ2n) is 4.88. The molecule has 2 aromatic carbocycles. The van der Waals surface area contributed by atoms with Crippen LogP contribution in [0.2, 0.25) is 0 Å². The molecule has 0 saturated carbocycles. The van der Waals surface area contributed by atoms with E-state index in [0.717, 1.165) is 6.29 Å². The van der Waals surface area contributed by atoms with Gasteiger partial charge in [-0.15, -0.1) is 0 Å². The van der Waals surface area contributed by atoms with Crippen molar-refractivity contribution in [2.45, 2.75) is 5.41 Å². The first-order chi connectivity index (χ1) is 9.66. The van der Waals surface area contributed by atoms with Gasteiger partial charge in [-0.3, -0.25) is 4.99 Å². The van der Waals surface area contributed by atoms with Crippen LogP contribution in [-0.2, 0) is 10.2 Å². The maximum atomic E-state index is 13.7. The third-order valence-electron chi connectivity index (χ3n) is 3.60. The first-order valence-corrected chi connectivity index (χ1v) is 6.29. The smallest absolute Gasteiger partial charge is 0.148 e. The number of benzene rings is 2. The fourth-order valence-electron chi connectivity index (χ4n) is 2.57. The SMILES string of the molecule is Nc1ccccc1C1(C=O)C=c2cccc(F)c2=NC1. The zero-order chi connectivity index (χ0) is 14.2. The van der Waals surface area contributed by atoms with Gasteiger partial charge in [0.15, 0.2) is 0 Å². The van der Waals surface area contributed by atoms with E-state index < -0.39 is 5.41 Å². The van der Waals surface area contributed by atoms with Gasteiger partial charge in [0.05, 0.1) is 12.0 Å². The van der Waals surface area contributed by atoms with E-state index in [4.69, 9.17) is 5.73 Å². The Labute approximate surface area is 115 Å². The maximum absolute atomic E-state index is 13.7. The fraction of sp³-hybridized carbons (Fsp3) is 0.125. The molecular weight excluding hydrogens is 255 g/mol. The molecule has 0 spiro atoms. The Morgan fingerprint density at radius 2 is 2.00 bits per heavy atom. The molecule has 100 valence electrons. The van der Waals surface area contributed by atoms with E-state index in [0.29, 0.717) is 21.8 Å². The highest BCUT2D eigenvalue weighted by atomic mass is 19.1. The maximum Gasteiger partial charge on any atom is 0.148 e. The molecule has 3 nitrogen and oxygen atoms in total. The second-order valence-corrected chi connectivity index (χ2v) is 4.88. The highest BCUT2D eigenvalue weighted by Gasteiger charge is 2.32. The lowest BCUT2D eigenvalue weighted by molar-refractivity contribution is -0.110. The van der Waals surface area contributed by atoms with Gasteiger partial charge >= 0.3 is 0 Å². The minimum atomic E-state index is -0.924. The van der Waals surface area contributed by atoms with Crippen LogP contribution in [0, 0.1) is 5.82 Å². The molecule has 0 aliphatic carbocycles. The third kappa shape index (κ3) is 1.81. The van der Waals surface area contributed by atoms with Crippen LogP contribution >= 0.6 is 0 Å². The van der Waals surface area contributed by atoms with Crippen LogP contribution in [-0.4, -0.2) is 12.8 Å². The normalized spacial score (nSPS) is 20.4. The van der Waals surface area contributed by atoms with E-state index in [2.05, 4.69) is 4.99 Å². The van der Waals surface area contributed by atoms with Crippen molar-refractivity contribution in [2.24, 2.45) is 4.99 Å². The Morgan fingerprint density at radius 1 is 1.20 bits per heavy atom. The van der Waals surface area contributed by atoms with Gasteiger partial charge in [-0.05, 0) is 17.7 Å². The highest BCUT2D eigenvalue weighted by Crippen LogP contribution is 2.29. The van der Waals surface area contributed by atoms with Crippen LogP contribution in [0.5, 0.6) is 0 Å². The molecule has 0 saturated heterocycles. The van der Waals surface area contributed by atoms with Crippen LogP contribution in [0.15, 0.2) is 47.5 Å². The fourth-order valence-corrected chi connectivity index (χ4v) is 2.57. The molecule has 0 radical (unpaired) electrons. The average molecular weight is 268 g/mol. The minimum Gasteiger partial charge on any atom is -0.398 e. The Hall–Kier alpha value is -2.49. The topological polar surface area (TPSA) is 55.5 Å². The van der Waals surface area contributed by atoms with Gasteiger partial charge in [-0.2, -0.15) is 0 Å². The number of hydrogen-bond donors (Lipinski definition) is 1. The Kier molecular flexibility index (Phi) is 2.86. The van der Waals surface area contributed by atoms with Crippen LogP contribution in [0.4, 0.5) is 10.1 Å². The largest absolute Gasteiger partial charge is 0.398 e. The average Bonchev–Trinajstić information content (AvgIpc) is 2.47. The summed E-state index contributed by atoms with van der Waals surface area (Å²) in [6.45, 7) is 0.165. The number of fused-ring (bicyclic) bond motifs is 1. The summed E-state index contributed by atoms with van der Waals surface area (Å²) < 4.78 is 13.7. The van der Waals surface area contributed by atoms with E-state index >= 15 is 0 Å². The summed E-state index contributed by atoms with van der Waals surface area (Å²) in [6, 6.07) is 11.9. The molecule has 1 aliphatic heterocycles. The number of nitrogens with two attached hydrogens (primary N) is 1. The van der Waals surface area contributed by atoms with Crippen molar-refractivity contribution in [1.82, 2.24) is 0 Å². The van der Waals surface area contributed by atoms with Crippen LogP contribution in [0.1, 0.15) is 5.56 Å². The molecule has 1 heterocycles. The second kappa shape index (κ2) is 4.56. The first-order valence-electron chi connectivity index (χ1n) is 6.29. The lowest BCUT2D eigenvalue weighted by Gasteiger charge is -2.26. The van der Waals surface area contributed by atoms with Gasteiger partial charge in [-0.25, -0.2) is 4.39 Å². The van der Waals surface area contributed by atoms with Gasteiger partial charge in [0.25, 0.3) is 0 Å². The monoisotopic (exact) mass is 268 g/mol. The molecule has 2 N–H and O–H groups in total. The van der Waals surface area contributed by atoms with Crippen molar-refractivity contribution in [3.8, 4) is 0 Å². The summed E-state index contributed by atoms with van der Waals surface area (Å²) in [4.78, 5) is 15.9. The minimum absolute atomic E-state index is 0.165. The number of para-hydroxylation sites is 2. The molecule has 0 amide bonds. The third-order valence-corrected chi connectivity index (χ3v) is 3.60. The number of nitrogen functional groups attached to an aromatic ring is 1. The predicted octanol–water partition coefficient (Wildman–Crippen LogP) is 0.959. The van der Waals surface area contributed by atoms with E-state index in [1.165, 1.54) is 6.07 Å².